The van der Waals surface area contributed by atoms with E-state index in [4.69, 9.17) is 11.6 Å². The molecule has 0 fully saturated rings. The van der Waals surface area contributed by atoms with Crippen LogP contribution in [0.25, 0.3) is 10.8 Å². The monoisotopic (exact) mass is 398 g/mol. The zero-order chi connectivity index (χ0) is 20.3. The highest BCUT2D eigenvalue weighted by Gasteiger charge is 2.18. The minimum absolute atomic E-state index is 0.0937. The molecule has 3 rings (SSSR count). The molecule has 1 heterocycles. The number of carbonyl (C=O) groups excluding carboxylic acids is 2. The maximum absolute atomic E-state index is 12.7. The topological polar surface area (TPSA) is 93.1 Å². The summed E-state index contributed by atoms with van der Waals surface area (Å²) in [6.07, 6.45) is 0. The number of nitrogens with one attached hydrogen (secondary N) is 2. The predicted octanol–water partition coefficient (Wildman–Crippen LogP) is 2.29. The van der Waals surface area contributed by atoms with E-state index in [0.29, 0.717) is 15.8 Å². The van der Waals surface area contributed by atoms with Crippen LogP contribution >= 0.6 is 11.6 Å². The summed E-state index contributed by atoms with van der Waals surface area (Å²) in [7, 11) is 1.48. The van der Waals surface area contributed by atoms with Crippen molar-refractivity contribution >= 4 is 34.2 Å². The largest absolute Gasteiger partial charge is 0.354 e. The van der Waals surface area contributed by atoms with Crippen LogP contribution in [0.4, 0.5) is 0 Å². The van der Waals surface area contributed by atoms with Crippen molar-refractivity contribution in [2.75, 3.05) is 7.05 Å². The van der Waals surface area contributed by atoms with Gasteiger partial charge in [0.1, 0.15) is 6.54 Å². The van der Waals surface area contributed by atoms with Gasteiger partial charge in [0.2, 0.25) is 5.91 Å². The molecule has 0 bridgehead atoms. The maximum atomic E-state index is 12.7. The Morgan fingerprint density at radius 3 is 2.39 bits per heavy atom. The van der Waals surface area contributed by atoms with Gasteiger partial charge in [-0.05, 0) is 30.7 Å². The molecule has 8 heteroatoms. The van der Waals surface area contributed by atoms with E-state index in [0.717, 1.165) is 10.2 Å². The molecule has 28 heavy (non-hydrogen) atoms. The third-order valence-corrected chi connectivity index (χ3v) is 4.60. The lowest BCUT2D eigenvalue weighted by molar-refractivity contribution is -0.122. The van der Waals surface area contributed by atoms with Crippen molar-refractivity contribution in [1.29, 1.82) is 0 Å². The fourth-order valence-electron chi connectivity index (χ4n) is 2.89. The first-order valence-electron chi connectivity index (χ1n) is 8.67. The summed E-state index contributed by atoms with van der Waals surface area (Å²) in [4.78, 5) is 37.3. The molecule has 0 saturated carbocycles. The van der Waals surface area contributed by atoms with Gasteiger partial charge in [0.15, 0.2) is 5.69 Å². The van der Waals surface area contributed by atoms with E-state index in [1.807, 2.05) is 19.1 Å². The summed E-state index contributed by atoms with van der Waals surface area (Å²) in [5, 5.41) is 10.8. The minimum Gasteiger partial charge on any atom is -0.354 e. The number of hydrogen-bond acceptors (Lipinski definition) is 4. The van der Waals surface area contributed by atoms with Gasteiger partial charge in [-0.2, -0.15) is 5.10 Å². The zero-order valence-electron chi connectivity index (χ0n) is 15.4. The van der Waals surface area contributed by atoms with Crippen molar-refractivity contribution in [3.8, 4) is 0 Å². The summed E-state index contributed by atoms with van der Waals surface area (Å²) in [6, 6.07) is 13.5. The molecule has 0 radical (unpaired) electrons. The molecule has 1 unspecified atom stereocenters. The van der Waals surface area contributed by atoms with Gasteiger partial charge in [0, 0.05) is 17.5 Å². The molecule has 0 aliphatic rings. The number of hydrogen-bond donors (Lipinski definition) is 2. The van der Waals surface area contributed by atoms with E-state index < -0.39 is 17.4 Å². The Balaban J connectivity index is 1.88. The molecular weight excluding hydrogens is 380 g/mol. The molecule has 0 spiro atoms. The molecule has 2 N–H and O–H groups in total. The lowest BCUT2D eigenvalue weighted by Crippen LogP contribution is -2.36. The first kappa shape index (κ1) is 19.6. The molecule has 0 saturated heterocycles. The van der Waals surface area contributed by atoms with Crippen molar-refractivity contribution < 1.29 is 9.59 Å². The van der Waals surface area contributed by atoms with Gasteiger partial charge >= 0.3 is 0 Å². The average molecular weight is 399 g/mol. The summed E-state index contributed by atoms with van der Waals surface area (Å²) in [6.45, 7) is 1.53. The molecule has 2 aromatic carbocycles. The van der Waals surface area contributed by atoms with Gasteiger partial charge in [-0.25, -0.2) is 4.68 Å². The van der Waals surface area contributed by atoms with Crippen LogP contribution in [0.3, 0.4) is 0 Å². The van der Waals surface area contributed by atoms with Crippen LogP contribution in [-0.4, -0.2) is 28.6 Å². The second kappa shape index (κ2) is 8.22. The number of fused-ring (bicyclic) bond motifs is 1. The smallest absolute Gasteiger partial charge is 0.275 e. The van der Waals surface area contributed by atoms with Gasteiger partial charge in [-0.1, -0.05) is 41.9 Å². The Hall–Kier alpha value is -3.19. The van der Waals surface area contributed by atoms with Crippen LogP contribution in [0.1, 0.15) is 29.0 Å². The molecule has 1 atom stereocenters. The molecule has 2 amide bonds. The summed E-state index contributed by atoms with van der Waals surface area (Å²) >= 11 is 5.88. The van der Waals surface area contributed by atoms with Gasteiger partial charge in [-0.3, -0.25) is 14.4 Å². The Morgan fingerprint density at radius 1 is 1.11 bits per heavy atom. The normalized spacial score (nSPS) is 11.8. The lowest BCUT2D eigenvalue weighted by Gasteiger charge is -2.15. The van der Waals surface area contributed by atoms with Crippen LogP contribution in [0.5, 0.6) is 0 Å². The lowest BCUT2D eigenvalue weighted by atomic mass is 10.1. The SMILES string of the molecule is CNC(=O)c1nn(CC(=O)NC(C)c2ccc(Cl)cc2)c(=O)c2ccccc12. The van der Waals surface area contributed by atoms with Gasteiger partial charge in [0.25, 0.3) is 11.5 Å². The molecule has 7 nitrogen and oxygen atoms in total. The van der Waals surface area contributed by atoms with E-state index in [1.165, 1.54) is 7.05 Å². The fraction of sp³-hybridized carbons (Fsp3) is 0.200. The van der Waals surface area contributed by atoms with E-state index >= 15 is 0 Å². The molecule has 1 aromatic heterocycles. The summed E-state index contributed by atoms with van der Waals surface area (Å²) < 4.78 is 1.01. The quantitative estimate of drug-likeness (QED) is 0.689. The first-order valence-corrected chi connectivity index (χ1v) is 9.05. The average Bonchev–Trinajstić information content (AvgIpc) is 2.70. The van der Waals surface area contributed by atoms with E-state index in [-0.39, 0.29) is 18.3 Å². The first-order chi connectivity index (χ1) is 13.4. The number of amides is 2. The Bertz CT molecular complexity index is 1090. The standard InChI is InChI=1S/C20H19ClN4O3/c1-12(13-7-9-14(21)10-8-13)23-17(26)11-25-20(28)16-6-4-3-5-15(16)18(24-25)19(27)22-2/h3-10,12H,11H2,1-2H3,(H,22,27)(H,23,26). The summed E-state index contributed by atoms with van der Waals surface area (Å²) in [5.41, 5.74) is 0.538. The molecular formula is C20H19ClN4O3. The Kier molecular flexibility index (Phi) is 5.75. The van der Waals surface area contributed by atoms with Crippen LogP contribution in [0.15, 0.2) is 53.3 Å². The zero-order valence-corrected chi connectivity index (χ0v) is 16.2. The van der Waals surface area contributed by atoms with Gasteiger partial charge in [0.05, 0.1) is 11.4 Å². The molecule has 3 aromatic rings. The number of halogens is 1. The van der Waals surface area contributed by atoms with Crippen molar-refractivity contribution in [3.05, 3.63) is 75.2 Å². The van der Waals surface area contributed by atoms with Crippen molar-refractivity contribution in [2.45, 2.75) is 19.5 Å². The van der Waals surface area contributed by atoms with Crippen LogP contribution < -0.4 is 16.2 Å². The highest BCUT2D eigenvalue weighted by Crippen LogP contribution is 2.16. The molecule has 144 valence electrons. The second-order valence-corrected chi connectivity index (χ2v) is 6.71. The fourth-order valence-corrected chi connectivity index (χ4v) is 3.01. The minimum atomic E-state index is -0.433. The number of benzene rings is 2. The van der Waals surface area contributed by atoms with Gasteiger partial charge in [-0.15, -0.1) is 0 Å². The maximum Gasteiger partial charge on any atom is 0.275 e. The third-order valence-electron chi connectivity index (χ3n) is 4.35. The number of rotatable bonds is 5. The highest BCUT2D eigenvalue weighted by molar-refractivity contribution is 6.30. The van der Waals surface area contributed by atoms with Crippen molar-refractivity contribution in [3.63, 3.8) is 0 Å². The van der Waals surface area contributed by atoms with Crippen LogP contribution in [0.2, 0.25) is 5.02 Å². The third kappa shape index (κ3) is 4.04. The van der Waals surface area contributed by atoms with E-state index in [1.54, 1.807) is 36.4 Å². The second-order valence-electron chi connectivity index (χ2n) is 6.28. The highest BCUT2D eigenvalue weighted by atomic mass is 35.5. The van der Waals surface area contributed by atoms with Crippen molar-refractivity contribution in [1.82, 2.24) is 20.4 Å². The van der Waals surface area contributed by atoms with Crippen LogP contribution in [0, 0.1) is 0 Å². The summed E-state index contributed by atoms with van der Waals surface area (Å²) in [5.74, 6) is -0.824. The molecule has 0 aliphatic carbocycles. The van der Waals surface area contributed by atoms with E-state index in [2.05, 4.69) is 15.7 Å². The Labute approximate surface area is 166 Å². The van der Waals surface area contributed by atoms with E-state index in [9.17, 15) is 14.4 Å². The number of carbonyl (C=O) groups is 2. The number of aromatic nitrogens is 2. The predicted molar refractivity (Wildman–Crippen MR) is 107 cm³/mol. The van der Waals surface area contributed by atoms with Crippen LogP contribution in [-0.2, 0) is 11.3 Å². The number of nitrogens with zero attached hydrogens (tertiary/aromatic N) is 2. The Morgan fingerprint density at radius 2 is 1.75 bits per heavy atom. The van der Waals surface area contributed by atoms with Crippen molar-refractivity contribution in [2.24, 2.45) is 0 Å². The van der Waals surface area contributed by atoms with Gasteiger partial charge < -0.3 is 10.6 Å². The molecule has 0 aliphatic heterocycles.